The van der Waals surface area contributed by atoms with Crippen LogP contribution in [0.3, 0.4) is 0 Å². The van der Waals surface area contributed by atoms with E-state index in [0.29, 0.717) is 23.0 Å². The number of carbonyl (C=O) groups excluding carboxylic acids is 4. The molecule has 0 aliphatic carbocycles. The van der Waals surface area contributed by atoms with Gasteiger partial charge in [-0.3, -0.25) is 19.2 Å². The lowest BCUT2D eigenvalue weighted by Crippen LogP contribution is -2.68. The van der Waals surface area contributed by atoms with Crippen molar-refractivity contribution in [3.8, 4) is 22.3 Å². The van der Waals surface area contributed by atoms with Crippen LogP contribution in [0.4, 0.5) is 0 Å². The Balaban J connectivity index is 0.783. The Morgan fingerprint density at radius 2 is 0.844 bits per heavy atom. The minimum atomic E-state index is -4.24. The predicted molar refractivity (Wildman–Crippen MR) is 352 cm³/mol. The molecule has 12 atom stereocenters. The molecule has 32 heteroatoms. The van der Waals surface area contributed by atoms with E-state index in [2.05, 4.69) is 30.7 Å². The summed E-state index contributed by atoms with van der Waals surface area (Å²) >= 11 is 2.79. The van der Waals surface area contributed by atoms with Gasteiger partial charge in [0.2, 0.25) is 31.9 Å². The van der Waals surface area contributed by atoms with Gasteiger partial charge < -0.3 is 81.1 Å². The number of carbonyl (C=O) groups is 6. The fraction of sp³-hybridized carbons (Fsp3) is 0.438. The van der Waals surface area contributed by atoms with Gasteiger partial charge in [-0.05, 0) is 95.1 Å². The standard InChI is InChI=1S/C64H80N6O22S4/c1-39(71)69-53-49(73)35-63(61(81)82,91-57(53)55(77)51(75)37-67-95(85,86)47-23-19-43(20-24-47)41-11-5-3-6-12-41)89-29-9-31-93-33-27-65-59(79)45-15-17-46(18-16-45)60(80)66-28-34-94-32-10-30-90-64(62(83)84)36-50(74)54(70-40(2)72)58(92-64)56(78)52(76)38-68-96(87,88)48-25-21-44(22-26-48)42-13-7-4-8-14-42/h3-8,11-26,49-58,67-68,73-78H,9-10,27-38H2,1-2H3,(H,65,79)(H,66,80)(H,69,71)(H,70,72)(H,81,82)(H,83,84)/t49-,50-,51+,52+,53+,54+,55?,56?,57+,58+,63+,64+/m0/s1. The molecule has 0 radical (unpaired) electrons. The Labute approximate surface area is 563 Å². The maximum absolute atomic E-state index is 13.2. The highest BCUT2D eigenvalue weighted by molar-refractivity contribution is 7.99. The first-order chi connectivity index (χ1) is 45.7. The van der Waals surface area contributed by atoms with Crippen LogP contribution in [0.1, 0.15) is 60.2 Å². The molecule has 14 N–H and O–H groups in total. The monoisotopic (exact) mass is 1410 g/mol. The van der Waals surface area contributed by atoms with Crippen molar-refractivity contribution in [3.63, 3.8) is 0 Å². The van der Waals surface area contributed by atoms with Crippen molar-refractivity contribution in [1.82, 2.24) is 30.7 Å². The topological polar surface area (TPSA) is 442 Å². The first-order valence-electron chi connectivity index (χ1n) is 30.5. The van der Waals surface area contributed by atoms with Crippen molar-refractivity contribution >= 4 is 79.1 Å². The summed E-state index contributed by atoms with van der Waals surface area (Å²) < 4.78 is 80.1. The number of hydrogen-bond acceptors (Lipinski definition) is 22. The quantitative estimate of drug-likeness (QED) is 0.0249. The summed E-state index contributed by atoms with van der Waals surface area (Å²) in [6.07, 6.45) is -15.8. The van der Waals surface area contributed by atoms with Crippen molar-refractivity contribution in [3.05, 3.63) is 145 Å². The number of rotatable bonds is 36. The number of carboxylic acid groups (broad SMARTS) is 2. The van der Waals surface area contributed by atoms with Gasteiger partial charge in [0.1, 0.15) is 24.4 Å². The summed E-state index contributed by atoms with van der Waals surface area (Å²) in [6.45, 7) is 0.677. The third-order valence-corrected chi connectivity index (χ3v) is 20.5. The fourth-order valence-electron chi connectivity index (χ4n) is 10.5. The number of aliphatic hydroxyl groups is 6. The molecule has 0 aromatic heterocycles. The number of thioether (sulfide) groups is 2. The molecule has 0 spiro atoms. The molecular formula is C64H80N6O22S4. The van der Waals surface area contributed by atoms with Crippen molar-refractivity contribution < 1.29 is 105 Å². The number of aliphatic hydroxyl groups excluding tert-OH is 6. The molecule has 28 nitrogen and oxygen atoms in total. The molecule has 5 aromatic rings. The molecule has 2 aliphatic heterocycles. The van der Waals surface area contributed by atoms with Gasteiger partial charge in [-0.15, -0.1) is 0 Å². The summed E-state index contributed by atoms with van der Waals surface area (Å²) in [5.74, 6) is -8.99. The largest absolute Gasteiger partial charge is 0.477 e. The van der Waals surface area contributed by atoms with Crippen LogP contribution in [0.2, 0.25) is 0 Å². The van der Waals surface area contributed by atoms with E-state index >= 15 is 0 Å². The van der Waals surface area contributed by atoms with Gasteiger partial charge in [0.05, 0.1) is 59.5 Å². The molecule has 5 aromatic carbocycles. The van der Waals surface area contributed by atoms with Crippen LogP contribution in [0.15, 0.2) is 143 Å². The van der Waals surface area contributed by atoms with E-state index in [0.717, 1.165) is 36.1 Å². The molecule has 2 aliphatic rings. The zero-order valence-corrected chi connectivity index (χ0v) is 55.6. The second kappa shape index (κ2) is 35.5. The Hall–Kier alpha value is -6.96. The summed E-state index contributed by atoms with van der Waals surface area (Å²) in [5, 5.41) is 98.0. The van der Waals surface area contributed by atoms with Gasteiger partial charge in [-0.1, -0.05) is 84.9 Å². The zero-order valence-electron chi connectivity index (χ0n) is 52.3. The van der Waals surface area contributed by atoms with Gasteiger partial charge in [-0.2, -0.15) is 23.5 Å². The maximum atomic E-state index is 13.2. The Morgan fingerprint density at radius 3 is 1.17 bits per heavy atom. The van der Waals surface area contributed by atoms with Crippen molar-refractivity contribution in [2.75, 3.05) is 62.4 Å². The highest BCUT2D eigenvalue weighted by Crippen LogP contribution is 2.36. The van der Waals surface area contributed by atoms with Crippen LogP contribution in [0, 0.1) is 0 Å². The predicted octanol–water partition coefficient (Wildman–Crippen LogP) is 1.03. The summed E-state index contributed by atoms with van der Waals surface area (Å²) in [6, 6.07) is 33.3. The van der Waals surface area contributed by atoms with E-state index in [4.69, 9.17) is 18.9 Å². The number of ether oxygens (including phenoxy) is 4. The Morgan fingerprint density at radius 1 is 0.510 bits per heavy atom. The van der Waals surface area contributed by atoms with Crippen molar-refractivity contribution in [2.24, 2.45) is 0 Å². The molecule has 2 fully saturated rings. The molecular weight excluding hydrogens is 1330 g/mol. The average Bonchev–Trinajstić information content (AvgIpc) is 0.775. The summed E-state index contributed by atoms with van der Waals surface area (Å²) in [5.41, 5.74) is 3.76. The second-order valence-electron chi connectivity index (χ2n) is 22.6. The van der Waals surface area contributed by atoms with Gasteiger partial charge in [0, 0.05) is 75.5 Å². The third kappa shape index (κ3) is 21.0. The van der Waals surface area contributed by atoms with Crippen molar-refractivity contribution in [2.45, 2.75) is 122 Å². The minimum absolute atomic E-state index is 0.141. The van der Waals surface area contributed by atoms with Crippen LogP contribution in [-0.2, 0) is 58.2 Å². The Kier molecular flexibility index (Phi) is 28.3. The molecule has 2 saturated heterocycles. The fourth-order valence-corrected chi connectivity index (χ4v) is 14.1. The second-order valence-corrected chi connectivity index (χ2v) is 28.6. The normalized spacial score (nSPS) is 22.5. The van der Waals surface area contributed by atoms with Gasteiger partial charge in [0.15, 0.2) is 0 Å². The average molecular weight is 1410 g/mol. The van der Waals surface area contributed by atoms with Gasteiger partial charge in [0.25, 0.3) is 23.4 Å². The molecule has 0 saturated carbocycles. The molecule has 2 unspecified atom stereocenters. The molecule has 2 heterocycles. The first-order valence-corrected chi connectivity index (χ1v) is 35.8. The number of aliphatic carboxylic acids is 2. The number of nitrogens with one attached hydrogen (secondary N) is 6. The Bertz CT molecular complexity index is 3390. The van der Waals surface area contributed by atoms with E-state index in [1.54, 1.807) is 24.3 Å². The first kappa shape index (κ1) is 76.4. The van der Waals surface area contributed by atoms with Crippen LogP contribution < -0.4 is 30.7 Å². The van der Waals surface area contributed by atoms with Crippen LogP contribution >= 0.6 is 23.5 Å². The molecule has 7 rings (SSSR count). The molecule has 4 amide bonds. The maximum Gasteiger partial charge on any atom is 0.364 e. The number of hydrogen-bond donors (Lipinski definition) is 14. The third-order valence-electron chi connectivity index (χ3n) is 15.5. The number of sulfonamides is 2. The molecule has 96 heavy (non-hydrogen) atoms. The zero-order chi connectivity index (χ0) is 69.8. The van der Waals surface area contributed by atoms with Crippen LogP contribution in [0.5, 0.6) is 0 Å². The van der Waals surface area contributed by atoms with E-state index < -0.39 is 154 Å². The van der Waals surface area contributed by atoms with Crippen molar-refractivity contribution in [1.29, 1.82) is 0 Å². The number of benzene rings is 5. The minimum Gasteiger partial charge on any atom is -0.477 e. The summed E-state index contributed by atoms with van der Waals surface area (Å²) in [4.78, 5) is 75.3. The van der Waals surface area contributed by atoms with E-state index in [1.807, 2.05) is 60.7 Å². The molecule has 0 bridgehead atoms. The van der Waals surface area contributed by atoms with E-state index in [1.165, 1.54) is 72.1 Å². The summed E-state index contributed by atoms with van der Waals surface area (Å²) in [7, 11) is -8.47. The molecule has 522 valence electrons. The highest BCUT2D eigenvalue weighted by Gasteiger charge is 2.57. The number of carboxylic acids is 2. The lowest BCUT2D eigenvalue weighted by atomic mass is 9.88. The lowest BCUT2D eigenvalue weighted by molar-refractivity contribution is -0.310. The van der Waals surface area contributed by atoms with E-state index in [-0.39, 0.29) is 60.1 Å². The SMILES string of the molecule is CC(=O)N[C@@H]1[C@@H](O)C[C@](OCCCSCCNC(=O)c2ccc(C(=O)NCCSCCCO[C@]3(C(=O)O)C[C@H](O)[C@@H](NC(C)=O)[C@H](C(O)[C@H](O)CNS(=O)(=O)c4ccc(-c5ccccc5)cc4)O3)cc2)(C(=O)O)O[C@H]1C(O)[C@H](O)CNS(=O)(=O)c1ccc(-c2ccccc2)cc1. The van der Waals surface area contributed by atoms with E-state index in [9.17, 15) is 86.5 Å². The highest BCUT2D eigenvalue weighted by atomic mass is 32.2. The van der Waals surface area contributed by atoms with Gasteiger partial charge >= 0.3 is 11.9 Å². The lowest BCUT2D eigenvalue weighted by Gasteiger charge is -2.46. The van der Waals surface area contributed by atoms with Crippen LogP contribution in [0.25, 0.3) is 22.3 Å². The smallest absolute Gasteiger partial charge is 0.364 e. The number of amides is 4. The van der Waals surface area contributed by atoms with Crippen LogP contribution in [-0.4, -0.2) is 228 Å². The van der Waals surface area contributed by atoms with Gasteiger partial charge in [-0.25, -0.2) is 35.9 Å².